The van der Waals surface area contributed by atoms with Gasteiger partial charge in [-0.1, -0.05) is 30.3 Å². The molecule has 1 aliphatic heterocycles. The van der Waals surface area contributed by atoms with Crippen LogP contribution in [0.1, 0.15) is 22.9 Å². The molecule has 0 spiro atoms. The van der Waals surface area contributed by atoms with E-state index in [4.69, 9.17) is 0 Å². The van der Waals surface area contributed by atoms with Crippen molar-refractivity contribution in [1.29, 1.82) is 0 Å². The Morgan fingerprint density at radius 1 is 1.14 bits per heavy atom. The number of carbonyl (C=O) groups excluding carboxylic acids is 2. The first-order valence-electron chi connectivity index (χ1n) is 11.0. The van der Waals surface area contributed by atoms with E-state index in [-0.39, 0.29) is 23.6 Å². The minimum absolute atomic E-state index is 0.120. The smallest absolute Gasteiger partial charge is 0.295 e. The van der Waals surface area contributed by atoms with Gasteiger partial charge in [0.25, 0.3) is 17.4 Å². The first-order valence-corrected chi connectivity index (χ1v) is 11.0. The normalized spacial score (nSPS) is 17.4. The molecule has 1 saturated heterocycles. The summed E-state index contributed by atoms with van der Waals surface area (Å²) in [6.07, 6.45) is 1.44. The van der Waals surface area contributed by atoms with E-state index >= 15 is 0 Å². The number of amides is 1. The molecule has 180 valence electrons. The number of aromatic nitrogens is 2. The minimum Gasteiger partial charge on any atom is -0.507 e. The summed E-state index contributed by atoms with van der Waals surface area (Å²) in [4.78, 5) is 40.3. The summed E-state index contributed by atoms with van der Waals surface area (Å²) in [7, 11) is 3.67. The number of hydrogen-bond acceptors (Lipinski definition) is 7. The fraction of sp³-hybridized carbons (Fsp3) is 0.240. The maximum Gasteiger partial charge on any atom is 0.295 e. The Kier molecular flexibility index (Phi) is 6.48. The van der Waals surface area contributed by atoms with Crippen molar-refractivity contribution in [3.05, 3.63) is 93.3 Å². The second kappa shape index (κ2) is 9.51. The highest BCUT2D eigenvalue weighted by molar-refractivity contribution is 6.46. The summed E-state index contributed by atoms with van der Waals surface area (Å²) in [5.74, 6) is -1.98. The van der Waals surface area contributed by atoms with Crippen molar-refractivity contribution in [3.8, 4) is 5.69 Å². The first kappa shape index (κ1) is 23.8. The lowest BCUT2D eigenvalue weighted by atomic mass is 9.95. The predicted molar refractivity (Wildman–Crippen MR) is 129 cm³/mol. The number of nitro benzene ring substituents is 1. The Morgan fingerprint density at radius 3 is 2.51 bits per heavy atom. The number of hydrogen-bond donors (Lipinski definition) is 1. The Morgan fingerprint density at radius 2 is 1.86 bits per heavy atom. The Bertz CT molecular complexity index is 1330. The largest absolute Gasteiger partial charge is 0.507 e. The number of nitro groups is 1. The van der Waals surface area contributed by atoms with Crippen LogP contribution in [-0.2, 0) is 9.59 Å². The van der Waals surface area contributed by atoms with E-state index in [0.29, 0.717) is 23.4 Å². The van der Waals surface area contributed by atoms with E-state index in [2.05, 4.69) is 5.10 Å². The molecule has 0 saturated carbocycles. The number of Topliss-reactive ketones (excluding diaryl/α,β-unsaturated/α-hetero) is 1. The van der Waals surface area contributed by atoms with Crippen LogP contribution in [0.5, 0.6) is 0 Å². The third-order valence-corrected chi connectivity index (χ3v) is 5.99. The number of rotatable bonds is 7. The van der Waals surface area contributed by atoms with Crippen LogP contribution < -0.4 is 0 Å². The van der Waals surface area contributed by atoms with Gasteiger partial charge in [-0.05, 0) is 38.7 Å². The Hall–Kier alpha value is -4.31. The topological polar surface area (TPSA) is 122 Å². The monoisotopic (exact) mass is 475 g/mol. The zero-order chi connectivity index (χ0) is 25.3. The number of carbonyl (C=O) groups is 2. The van der Waals surface area contributed by atoms with Gasteiger partial charge in [0.2, 0.25) is 0 Å². The van der Waals surface area contributed by atoms with Gasteiger partial charge >= 0.3 is 0 Å². The summed E-state index contributed by atoms with van der Waals surface area (Å²) in [5, 5.41) is 27.1. The van der Waals surface area contributed by atoms with E-state index in [1.165, 1.54) is 29.3 Å². The van der Waals surface area contributed by atoms with E-state index < -0.39 is 22.7 Å². The fourth-order valence-corrected chi connectivity index (χ4v) is 4.19. The molecule has 10 heteroatoms. The molecule has 1 amide bonds. The molecule has 4 rings (SSSR count). The number of likely N-dealkylation sites (N-methyl/N-ethyl adjacent to an activating group) is 1. The lowest BCUT2D eigenvalue weighted by Gasteiger charge is -2.26. The molecular weight excluding hydrogens is 450 g/mol. The molecule has 0 bridgehead atoms. The zero-order valence-corrected chi connectivity index (χ0v) is 19.6. The molecule has 1 fully saturated rings. The zero-order valence-electron chi connectivity index (χ0n) is 19.6. The number of non-ortho nitro benzene ring substituents is 1. The van der Waals surface area contributed by atoms with E-state index in [1.54, 1.807) is 17.7 Å². The molecule has 0 unspecified atom stereocenters. The molecule has 1 aromatic heterocycles. The van der Waals surface area contributed by atoms with Crippen LogP contribution in [0.4, 0.5) is 5.69 Å². The predicted octanol–water partition coefficient (Wildman–Crippen LogP) is 3.07. The molecule has 10 nitrogen and oxygen atoms in total. The van der Waals surface area contributed by atoms with E-state index in [9.17, 15) is 24.8 Å². The molecular formula is C25H25N5O5. The molecule has 1 atom stereocenters. The molecule has 35 heavy (non-hydrogen) atoms. The lowest BCUT2D eigenvalue weighted by Crippen LogP contribution is -2.35. The molecule has 1 aliphatic rings. The maximum atomic E-state index is 13.2. The minimum atomic E-state index is -0.977. The number of aliphatic hydroxyl groups is 1. The van der Waals surface area contributed by atoms with Gasteiger partial charge < -0.3 is 14.9 Å². The summed E-state index contributed by atoms with van der Waals surface area (Å²) >= 11 is 0. The SMILES string of the molecule is Cc1c(C(O)=C2C(=O)C(=O)N(CCN(C)C)[C@H]2c2cccc([N+](=O)[O-])c2)cnn1-c1ccccc1. The van der Waals surface area contributed by atoms with Crippen molar-refractivity contribution in [2.24, 2.45) is 0 Å². The average Bonchev–Trinajstić information content (AvgIpc) is 3.35. The van der Waals surface area contributed by atoms with Gasteiger partial charge in [0.1, 0.15) is 5.76 Å². The molecule has 2 aromatic carbocycles. The second-order valence-electron chi connectivity index (χ2n) is 8.54. The van der Waals surface area contributed by atoms with Crippen molar-refractivity contribution in [2.75, 3.05) is 27.2 Å². The molecule has 0 aliphatic carbocycles. The number of ketones is 1. The number of likely N-dealkylation sites (tertiary alicyclic amines) is 1. The van der Waals surface area contributed by atoms with Crippen LogP contribution in [0.3, 0.4) is 0 Å². The average molecular weight is 476 g/mol. The number of nitrogens with zero attached hydrogens (tertiary/aromatic N) is 5. The van der Waals surface area contributed by atoms with E-state index in [1.807, 2.05) is 49.3 Å². The third kappa shape index (κ3) is 4.43. The molecule has 2 heterocycles. The van der Waals surface area contributed by atoms with Crippen LogP contribution in [0.15, 0.2) is 66.4 Å². The van der Waals surface area contributed by atoms with Crippen LogP contribution in [0.2, 0.25) is 0 Å². The molecule has 3 aromatic rings. The third-order valence-electron chi connectivity index (χ3n) is 5.99. The Balaban J connectivity index is 1.87. The van der Waals surface area contributed by atoms with E-state index in [0.717, 1.165) is 5.69 Å². The van der Waals surface area contributed by atoms with Gasteiger partial charge in [0, 0.05) is 25.2 Å². The van der Waals surface area contributed by atoms with Gasteiger partial charge in [-0.25, -0.2) is 4.68 Å². The van der Waals surface area contributed by atoms with Crippen molar-refractivity contribution in [2.45, 2.75) is 13.0 Å². The first-order chi connectivity index (χ1) is 16.7. The standard InChI is InChI=1S/C25H25N5O5/c1-16-20(15-26-29(16)18-9-5-4-6-10-18)23(31)21-22(17-8-7-11-19(14-17)30(34)35)28(13-12-27(2)3)25(33)24(21)32/h4-11,14-15,22,31H,12-13H2,1-3H3/t22-/m0/s1. The molecule has 1 N–H and O–H groups in total. The summed E-state index contributed by atoms with van der Waals surface area (Å²) in [5.41, 5.74) is 1.72. The number of para-hydroxylation sites is 1. The second-order valence-corrected chi connectivity index (χ2v) is 8.54. The summed E-state index contributed by atoms with van der Waals surface area (Å²) in [6.45, 7) is 2.41. The van der Waals surface area contributed by atoms with Crippen molar-refractivity contribution >= 4 is 23.1 Å². The number of benzene rings is 2. The van der Waals surface area contributed by atoms with Crippen molar-refractivity contribution in [3.63, 3.8) is 0 Å². The quantitative estimate of drug-likeness (QED) is 0.183. The summed E-state index contributed by atoms with van der Waals surface area (Å²) in [6, 6.07) is 14.1. The van der Waals surface area contributed by atoms with Gasteiger partial charge in [0.15, 0.2) is 0 Å². The highest BCUT2D eigenvalue weighted by Crippen LogP contribution is 2.40. The van der Waals surface area contributed by atoms with Crippen molar-refractivity contribution in [1.82, 2.24) is 19.6 Å². The Labute approximate surface area is 201 Å². The van der Waals surface area contributed by atoms with Crippen LogP contribution in [0.25, 0.3) is 11.4 Å². The molecule has 0 radical (unpaired) electrons. The fourth-order valence-electron chi connectivity index (χ4n) is 4.19. The highest BCUT2D eigenvalue weighted by atomic mass is 16.6. The highest BCUT2D eigenvalue weighted by Gasteiger charge is 2.46. The van der Waals surface area contributed by atoms with Gasteiger partial charge in [-0.2, -0.15) is 5.10 Å². The van der Waals surface area contributed by atoms with Crippen LogP contribution in [-0.4, -0.2) is 68.5 Å². The van der Waals surface area contributed by atoms with Crippen molar-refractivity contribution < 1.29 is 19.6 Å². The maximum absolute atomic E-state index is 13.2. The number of aliphatic hydroxyl groups excluding tert-OH is 1. The van der Waals surface area contributed by atoms with Crippen LogP contribution >= 0.6 is 0 Å². The summed E-state index contributed by atoms with van der Waals surface area (Å²) < 4.78 is 1.62. The van der Waals surface area contributed by atoms with Gasteiger partial charge in [-0.3, -0.25) is 19.7 Å². The van der Waals surface area contributed by atoms with Crippen LogP contribution in [0, 0.1) is 17.0 Å². The van der Waals surface area contributed by atoms with Gasteiger partial charge in [-0.15, -0.1) is 0 Å². The lowest BCUT2D eigenvalue weighted by molar-refractivity contribution is -0.384. The van der Waals surface area contributed by atoms with Gasteiger partial charge in [0.05, 0.1) is 39.7 Å².